The van der Waals surface area contributed by atoms with Crippen LogP contribution in [0.15, 0.2) is 36.5 Å². The first kappa shape index (κ1) is 19.4. The molecule has 26 heavy (non-hydrogen) atoms. The van der Waals surface area contributed by atoms with Crippen molar-refractivity contribution < 1.29 is 4.79 Å². The van der Waals surface area contributed by atoms with Gasteiger partial charge < -0.3 is 5.32 Å². The quantitative estimate of drug-likeness (QED) is 0.810. The fourth-order valence-electron chi connectivity index (χ4n) is 2.84. The number of carbonyl (C=O) groups excluding carboxylic acids is 1. The Morgan fingerprint density at radius 2 is 1.73 bits per heavy atom. The van der Waals surface area contributed by atoms with Crippen molar-refractivity contribution in [3.05, 3.63) is 57.2 Å². The van der Waals surface area contributed by atoms with E-state index in [1.807, 2.05) is 18.2 Å². The number of rotatable bonds is 5. The molecule has 0 spiro atoms. The molecule has 1 aliphatic heterocycles. The molecule has 1 aromatic carbocycles. The van der Waals surface area contributed by atoms with E-state index in [4.69, 9.17) is 34.8 Å². The molecule has 1 aromatic heterocycles. The van der Waals surface area contributed by atoms with Crippen molar-refractivity contribution in [3.8, 4) is 0 Å². The summed E-state index contributed by atoms with van der Waals surface area (Å²) < 4.78 is 0. The van der Waals surface area contributed by atoms with Crippen LogP contribution in [-0.2, 0) is 11.3 Å². The summed E-state index contributed by atoms with van der Waals surface area (Å²) in [5.41, 5.74) is 1.14. The number of pyridine rings is 1. The van der Waals surface area contributed by atoms with Crippen LogP contribution in [0.25, 0.3) is 0 Å². The molecule has 1 fully saturated rings. The van der Waals surface area contributed by atoms with Crippen molar-refractivity contribution in [2.45, 2.75) is 6.54 Å². The van der Waals surface area contributed by atoms with E-state index in [2.05, 4.69) is 20.1 Å². The van der Waals surface area contributed by atoms with Crippen LogP contribution in [0.4, 0.5) is 5.82 Å². The molecule has 0 radical (unpaired) electrons. The normalized spacial score (nSPS) is 15.8. The summed E-state index contributed by atoms with van der Waals surface area (Å²) in [5.74, 6) is 0.440. The maximum atomic E-state index is 12.1. The maximum Gasteiger partial charge on any atom is 0.239 e. The fourth-order valence-corrected chi connectivity index (χ4v) is 3.27. The van der Waals surface area contributed by atoms with Gasteiger partial charge in [-0.1, -0.05) is 40.9 Å². The Morgan fingerprint density at radius 1 is 1.00 bits per heavy atom. The zero-order valence-electron chi connectivity index (χ0n) is 14.1. The van der Waals surface area contributed by atoms with Crippen LogP contribution in [0.2, 0.25) is 15.1 Å². The molecular weight excluding hydrogens is 395 g/mol. The average Bonchev–Trinajstić information content (AvgIpc) is 2.62. The minimum absolute atomic E-state index is 0.0715. The summed E-state index contributed by atoms with van der Waals surface area (Å²) >= 11 is 17.8. The van der Waals surface area contributed by atoms with Crippen LogP contribution in [-0.4, -0.2) is 53.4 Å². The van der Waals surface area contributed by atoms with E-state index in [-0.39, 0.29) is 5.91 Å². The number of hydrogen-bond acceptors (Lipinski definition) is 4. The smallest absolute Gasteiger partial charge is 0.239 e. The third-order valence-electron chi connectivity index (χ3n) is 4.22. The second-order valence-electron chi connectivity index (χ2n) is 6.21. The lowest BCUT2D eigenvalue weighted by molar-refractivity contribution is -0.117. The Hall–Kier alpha value is -1.37. The highest BCUT2D eigenvalue weighted by Gasteiger charge is 2.19. The number of aromatic nitrogens is 1. The number of nitrogens with zero attached hydrogens (tertiary/aromatic N) is 3. The number of benzene rings is 1. The highest BCUT2D eigenvalue weighted by molar-refractivity contribution is 6.42. The van der Waals surface area contributed by atoms with E-state index < -0.39 is 0 Å². The molecule has 1 N–H and O–H groups in total. The lowest BCUT2D eigenvalue weighted by atomic mass is 10.2. The number of carbonyl (C=O) groups is 1. The molecule has 0 atom stereocenters. The predicted molar refractivity (Wildman–Crippen MR) is 106 cm³/mol. The Kier molecular flexibility index (Phi) is 6.73. The molecule has 8 heteroatoms. The summed E-state index contributed by atoms with van der Waals surface area (Å²) in [6.07, 6.45) is 1.51. The van der Waals surface area contributed by atoms with Crippen LogP contribution in [0.5, 0.6) is 0 Å². The molecule has 2 heterocycles. The lowest BCUT2D eigenvalue weighted by Gasteiger charge is -2.34. The largest absolute Gasteiger partial charge is 0.310 e. The molecule has 1 saturated heterocycles. The number of anilines is 1. The second-order valence-corrected chi connectivity index (χ2v) is 7.46. The van der Waals surface area contributed by atoms with Gasteiger partial charge in [-0.3, -0.25) is 14.6 Å². The van der Waals surface area contributed by atoms with Crippen molar-refractivity contribution in [1.29, 1.82) is 0 Å². The van der Waals surface area contributed by atoms with Crippen LogP contribution in [0.1, 0.15) is 5.56 Å². The van der Waals surface area contributed by atoms with Gasteiger partial charge in [0.05, 0.1) is 21.6 Å². The summed E-state index contributed by atoms with van der Waals surface area (Å²) in [5, 5.41) is 4.48. The minimum Gasteiger partial charge on any atom is -0.310 e. The van der Waals surface area contributed by atoms with E-state index in [9.17, 15) is 4.79 Å². The maximum absolute atomic E-state index is 12.1. The Balaban J connectivity index is 1.43. The van der Waals surface area contributed by atoms with E-state index in [0.29, 0.717) is 27.4 Å². The summed E-state index contributed by atoms with van der Waals surface area (Å²) in [4.78, 5) is 20.7. The lowest BCUT2D eigenvalue weighted by Crippen LogP contribution is -2.48. The highest BCUT2D eigenvalue weighted by atomic mass is 35.5. The molecule has 0 saturated carbocycles. The highest BCUT2D eigenvalue weighted by Crippen LogP contribution is 2.23. The van der Waals surface area contributed by atoms with Crippen molar-refractivity contribution in [2.75, 3.05) is 38.0 Å². The van der Waals surface area contributed by atoms with Gasteiger partial charge in [-0.25, -0.2) is 4.98 Å². The topological polar surface area (TPSA) is 48.5 Å². The summed E-state index contributed by atoms with van der Waals surface area (Å²) in [6, 6.07) is 9.11. The Bertz CT molecular complexity index is 762. The Morgan fingerprint density at radius 3 is 2.38 bits per heavy atom. The van der Waals surface area contributed by atoms with E-state index in [1.165, 1.54) is 6.20 Å². The molecule has 2 aromatic rings. The zero-order valence-corrected chi connectivity index (χ0v) is 16.4. The van der Waals surface area contributed by atoms with Gasteiger partial charge in [-0.15, -0.1) is 0 Å². The number of nitrogens with one attached hydrogen (secondary N) is 1. The number of amides is 1. The minimum atomic E-state index is -0.0715. The van der Waals surface area contributed by atoms with Crippen molar-refractivity contribution in [2.24, 2.45) is 0 Å². The fraction of sp³-hybridized carbons (Fsp3) is 0.333. The number of hydrogen-bond donors (Lipinski definition) is 1. The first-order valence-corrected chi connectivity index (χ1v) is 9.43. The van der Waals surface area contributed by atoms with Gasteiger partial charge in [0.1, 0.15) is 5.82 Å². The third kappa shape index (κ3) is 5.56. The first-order chi connectivity index (χ1) is 12.5. The van der Waals surface area contributed by atoms with Gasteiger partial charge in [-0.05, 0) is 29.8 Å². The standard InChI is InChI=1S/C18H19Cl3N4O/c19-14-2-4-17(22-10-14)23-18(26)12-25-7-5-24(6-8-25)11-13-1-3-15(20)16(21)9-13/h1-4,9-10H,5-8,11-12H2,(H,22,23,26). The van der Waals surface area contributed by atoms with Crippen LogP contribution < -0.4 is 5.32 Å². The van der Waals surface area contributed by atoms with Gasteiger partial charge in [0.15, 0.2) is 0 Å². The predicted octanol–water partition coefficient (Wildman–Crippen LogP) is 3.80. The van der Waals surface area contributed by atoms with Crippen LogP contribution in [0, 0.1) is 0 Å². The van der Waals surface area contributed by atoms with Crippen molar-refractivity contribution in [3.63, 3.8) is 0 Å². The van der Waals surface area contributed by atoms with Gasteiger partial charge in [-0.2, -0.15) is 0 Å². The molecular formula is C18H19Cl3N4O. The van der Waals surface area contributed by atoms with E-state index in [0.717, 1.165) is 38.3 Å². The van der Waals surface area contributed by atoms with Gasteiger partial charge in [0, 0.05) is 38.9 Å². The summed E-state index contributed by atoms with van der Waals surface area (Å²) in [7, 11) is 0. The molecule has 3 rings (SSSR count). The van der Waals surface area contributed by atoms with Crippen molar-refractivity contribution in [1.82, 2.24) is 14.8 Å². The van der Waals surface area contributed by atoms with Crippen LogP contribution in [0.3, 0.4) is 0 Å². The first-order valence-electron chi connectivity index (χ1n) is 8.29. The molecule has 1 aliphatic rings. The average molecular weight is 414 g/mol. The molecule has 1 amide bonds. The second kappa shape index (κ2) is 9.02. The Labute approximate surface area is 167 Å². The van der Waals surface area contributed by atoms with Gasteiger partial charge in [0.2, 0.25) is 5.91 Å². The van der Waals surface area contributed by atoms with Gasteiger partial charge in [0.25, 0.3) is 0 Å². The molecule has 138 valence electrons. The van der Waals surface area contributed by atoms with Crippen LogP contribution >= 0.6 is 34.8 Å². The number of halogens is 3. The van der Waals surface area contributed by atoms with Gasteiger partial charge >= 0.3 is 0 Å². The number of piperazine rings is 1. The van der Waals surface area contributed by atoms with E-state index >= 15 is 0 Å². The molecule has 0 unspecified atom stereocenters. The third-order valence-corrected chi connectivity index (χ3v) is 5.18. The molecule has 0 bridgehead atoms. The van der Waals surface area contributed by atoms with Crippen molar-refractivity contribution >= 4 is 46.5 Å². The zero-order chi connectivity index (χ0) is 18.5. The monoisotopic (exact) mass is 412 g/mol. The molecule has 0 aliphatic carbocycles. The SMILES string of the molecule is O=C(CN1CCN(Cc2ccc(Cl)c(Cl)c2)CC1)Nc1ccc(Cl)cn1. The molecule has 5 nitrogen and oxygen atoms in total. The van der Waals surface area contributed by atoms with E-state index in [1.54, 1.807) is 12.1 Å². The summed E-state index contributed by atoms with van der Waals surface area (Å²) in [6.45, 7) is 4.64.